The predicted octanol–water partition coefficient (Wildman–Crippen LogP) is 0.714. The highest BCUT2D eigenvalue weighted by atomic mass is 15.2. The summed E-state index contributed by atoms with van der Waals surface area (Å²) < 4.78 is 2.50. The normalized spacial score (nSPS) is 26.0. The molecule has 1 atom stereocenters. The average Bonchev–Trinajstić information content (AvgIpc) is 2.80. The lowest BCUT2D eigenvalue weighted by Gasteiger charge is -2.20. The van der Waals surface area contributed by atoms with Gasteiger partial charge in [-0.3, -0.25) is 0 Å². The van der Waals surface area contributed by atoms with Gasteiger partial charge < -0.3 is 14.8 Å². The number of aromatic nitrogens is 2. The van der Waals surface area contributed by atoms with Gasteiger partial charge in [0.05, 0.1) is 5.69 Å². The van der Waals surface area contributed by atoms with E-state index in [1.807, 2.05) is 0 Å². The number of hydrogen-bond donors (Lipinski definition) is 1. The molecule has 88 valence electrons. The van der Waals surface area contributed by atoms with E-state index < -0.39 is 0 Å². The topological polar surface area (TPSA) is 33.1 Å². The Kier molecular flexibility index (Phi) is 2.48. The molecule has 0 spiro atoms. The minimum atomic E-state index is 0.652. The molecular weight excluding hydrogens is 200 g/mol. The zero-order valence-electron chi connectivity index (χ0n) is 10.2. The first-order valence-corrected chi connectivity index (χ1v) is 6.21. The lowest BCUT2D eigenvalue weighted by atomic mass is 10.1. The quantitative estimate of drug-likeness (QED) is 0.757. The summed E-state index contributed by atoms with van der Waals surface area (Å²) in [5.74, 6) is 1.20. The molecule has 1 unspecified atom stereocenters. The first-order valence-electron chi connectivity index (χ1n) is 6.21. The molecule has 0 amide bonds. The SMILES string of the molecule is Cc1nc2c(n1C1CCN(C)C1)CCNC2. The lowest BCUT2D eigenvalue weighted by molar-refractivity contribution is 0.386. The third-order valence-corrected chi connectivity index (χ3v) is 3.83. The average molecular weight is 220 g/mol. The Bertz CT molecular complexity index is 396. The van der Waals surface area contributed by atoms with Crippen molar-refractivity contribution >= 4 is 0 Å². The van der Waals surface area contributed by atoms with E-state index in [0.717, 1.165) is 19.5 Å². The molecule has 4 heteroatoms. The molecule has 0 aromatic carbocycles. The van der Waals surface area contributed by atoms with Crippen molar-refractivity contribution in [3.8, 4) is 0 Å². The molecule has 0 bridgehead atoms. The van der Waals surface area contributed by atoms with Crippen LogP contribution in [-0.2, 0) is 13.0 Å². The molecule has 3 rings (SSSR count). The summed E-state index contributed by atoms with van der Waals surface area (Å²) in [5.41, 5.74) is 2.76. The molecule has 1 saturated heterocycles. The highest BCUT2D eigenvalue weighted by molar-refractivity contribution is 5.21. The molecule has 16 heavy (non-hydrogen) atoms. The summed E-state index contributed by atoms with van der Waals surface area (Å²) >= 11 is 0. The molecule has 1 N–H and O–H groups in total. The van der Waals surface area contributed by atoms with Crippen LogP contribution in [0.25, 0.3) is 0 Å². The maximum atomic E-state index is 4.70. The number of likely N-dealkylation sites (tertiary alicyclic amines) is 1. The van der Waals surface area contributed by atoms with E-state index in [9.17, 15) is 0 Å². The second-order valence-corrected chi connectivity index (χ2v) is 5.05. The van der Waals surface area contributed by atoms with Crippen LogP contribution in [0.15, 0.2) is 0 Å². The Morgan fingerprint density at radius 3 is 3.06 bits per heavy atom. The van der Waals surface area contributed by atoms with Gasteiger partial charge in [0.1, 0.15) is 5.82 Å². The molecule has 2 aliphatic rings. The van der Waals surface area contributed by atoms with E-state index in [-0.39, 0.29) is 0 Å². The molecule has 1 aromatic rings. The van der Waals surface area contributed by atoms with Gasteiger partial charge in [-0.2, -0.15) is 0 Å². The first kappa shape index (κ1) is 10.3. The van der Waals surface area contributed by atoms with Crippen molar-refractivity contribution in [1.82, 2.24) is 19.8 Å². The first-order chi connectivity index (χ1) is 7.75. The van der Waals surface area contributed by atoms with Gasteiger partial charge in [0, 0.05) is 37.8 Å². The number of fused-ring (bicyclic) bond motifs is 1. The number of nitrogens with one attached hydrogen (secondary N) is 1. The summed E-state index contributed by atoms with van der Waals surface area (Å²) in [6.07, 6.45) is 2.41. The summed E-state index contributed by atoms with van der Waals surface area (Å²) in [5, 5.41) is 3.39. The van der Waals surface area contributed by atoms with Gasteiger partial charge in [-0.15, -0.1) is 0 Å². The fraction of sp³-hybridized carbons (Fsp3) is 0.750. The summed E-state index contributed by atoms with van der Waals surface area (Å²) in [6.45, 7) is 6.59. The molecule has 4 nitrogen and oxygen atoms in total. The van der Waals surface area contributed by atoms with Crippen LogP contribution in [0.2, 0.25) is 0 Å². The largest absolute Gasteiger partial charge is 0.327 e. The van der Waals surface area contributed by atoms with Crippen LogP contribution in [0.3, 0.4) is 0 Å². The van der Waals surface area contributed by atoms with Gasteiger partial charge in [0.15, 0.2) is 0 Å². The molecule has 0 saturated carbocycles. The Morgan fingerprint density at radius 2 is 2.31 bits per heavy atom. The Labute approximate surface area is 96.7 Å². The monoisotopic (exact) mass is 220 g/mol. The minimum Gasteiger partial charge on any atom is -0.327 e. The highest BCUT2D eigenvalue weighted by Gasteiger charge is 2.27. The molecule has 1 aromatic heterocycles. The lowest BCUT2D eigenvalue weighted by Crippen LogP contribution is -2.26. The highest BCUT2D eigenvalue weighted by Crippen LogP contribution is 2.26. The van der Waals surface area contributed by atoms with Crippen LogP contribution < -0.4 is 5.32 Å². The van der Waals surface area contributed by atoms with E-state index in [0.29, 0.717) is 6.04 Å². The standard InChI is InChI=1S/C12H20N4/c1-9-14-11-7-13-5-3-12(11)16(9)10-4-6-15(2)8-10/h10,13H,3-8H2,1-2H3. The zero-order valence-corrected chi connectivity index (χ0v) is 10.2. The third kappa shape index (κ3) is 1.57. The Balaban J connectivity index is 1.96. The summed E-state index contributed by atoms with van der Waals surface area (Å²) in [6, 6.07) is 0.652. The van der Waals surface area contributed by atoms with Crippen LogP contribution in [0.4, 0.5) is 0 Å². The maximum absolute atomic E-state index is 4.70. The number of imidazole rings is 1. The van der Waals surface area contributed by atoms with Crippen molar-refractivity contribution in [2.75, 3.05) is 26.7 Å². The van der Waals surface area contributed by atoms with Gasteiger partial charge in [-0.25, -0.2) is 4.98 Å². The third-order valence-electron chi connectivity index (χ3n) is 3.83. The van der Waals surface area contributed by atoms with Crippen molar-refractivity contribution in [3.05, 3.63) is 17.2 Å². The van der Waals surface area contributed by atoms with Crippen LogP contribution >= 0.6 is 0 Å². The molecule has 0 radical (unpaired) electrons. The molecule has 2 aliphatic heterocycles. The van der Waals surface area contributed by atoms with Crippen molar-refractivity contribution < 1.29 is 0 Å². The van der Waals surface area contributed by atoms with Gasteiger partial charge in [0.2, 0.25) is 0 Å². The zero-order chi connectivity index (χ0) is 11.1. The minimum absolute atomic E-state index is 0.652. The van der Waals surface area contributed by atoms with Gasteiger partial charge in [0.25, 0.3) is 0 Å². The number of aryl methyl sites for hydroxylation is 1. The van der Waals surface area contributed by atoms with Crippen LogP contribution in [0.5, 0.6) is 0 Å². The van der Waals surface area contributed by atoms with E-state index in [1.165, 1.54) is 36.7 Å². The Hall–Kier alpha value is -0.870. The number of likely N-dealkylation sites (N-methyl/N-ethyl adjacent to an activating group) is 1. The van der Waals surface area contributed by atoms with E-state index in [4.69, 9.17) is 4.98 Å². The van der Waals surface area contributed by atoms with Gasteiger partial charge in [-0.05, 0) is 26.9 Å². The fourth-order valence-electron chi connectivity index (χ4n) is 3.08. The van der Waals surface area contributed by atoms with E-state index in [2.05, 4.69) is 28.8 Å². The van der Waals surface area contributed by atoms with E-state index >= 15 is 0 Å². The van der Waals surface area contributed by atoms with Crippen molar-refractivity contribution in [1.29, 1.82) is 0 Å². The van der Waals surface area contributed by atoms with Crippen molar-refractivity contribution in [2.24, 2.45) is 0 Å². The van der Waals surface area contributed by atoms with Crippen molar-refractivity contribution in [2.45, 2.75) is 32.4 Å². The number of rotatable bonds is 1. The molecule has 3 heterocycles. The summed E-state index contributed by atoms with van der Waals surface area (Å²) in [7, 11) is 2.21. The van der Waals surface area contributed by atoms with Crippen LogP contribution in [0, 0.1) is 6.92 Å². The molecule has 1 fully saturated rings. The molecular formula is C12H20N4. The predicted molar refractivity (Wildman–Crippen MR) is 63.5 cm³/mol. The second-order valence-electron chi connectivity index (χ2n) is 5.05. The number of nitrogens with zero attached hydrogens (tertiary/aromatic N) is 3. The Morgan fingerprint density at radius 1 is 1.44 bits per heavy atom. The number of hydrogen-bond acceptors (Lipinski definition) is 3. The summed E-state index contributed by atoms with van der Waals surface area (Å²) in [4.78, 5) is 7.12. The fourth-order valence-corrected chi connectivity index (χ4v) is 3.08. The van der Waals surface area contributed by atoms with Crippen molar-refractivity contribution in [3.63, 3.8) is 0 Å². The van der Waals surface area contributed by atoms with Crippen LogP contribution in [-0.4, -0.2) is 41.1 Å². The van der Waals surface area contributed by atoms with Gasteiger partial charge in [-0.1, -0.05) is 0 Å². The van der Waals surface area contributed by atoms with Gasteiger partial charge >= 0.3 is 0 Å². The van der Waals surface area contributed by atoms with Crippen LogP contribution in [0.1, 0.15) is 29.7 Å². The second kappa shape index (κ2) is 3.86. The molecule has 0 aliphatic carbocycles. The van der Waals surface area contributed by atoms with E-state index in [1.54, 1.807) is 0 Å². The smallest absolute Gasteiger partial charge is 0.106 e. The maximum Gasteiger partial charge on any atom is 0.106 e.